The van der Waals surface area contributed by atoms with Crippen LogP contribution < -0.4 is 16.5 Å². The average Bonchev–Trinajstić information content (AvgIpc) is 2.90. The lowest BCUT2D eigenvalue weighted by molar-refractivity contribution is 0.361. The molecular formula is C17H15N5O. The lowest BCUT2D eigenvalue weighted by Crippen LogP contribution is -2.39. The van der Waals surface area contributed by atoms with Gasteiger partial charge in [0.05, 0.1) is 5.69 Å². The highest BCUT2D eigenvalue weighted by Gasteiger charge is 2.19. The number of para-hydroxylation sites is 1. The fourth-order valence-corrected chi connectivity index (χ4v) is 2.80. The smallest absolute Gasteiger partial charge is 0.332 e. The van der Waals surface area contributed by atoms with Crippen molar-refractivity contribution in [1.82, 2.24) is 19.4 Å². The molecule has 23 heavy (non-hydrogen) atoms. The Hall–Kier alpha value is -3.15. The van der Waals surface area contributed by atoms with Gasteiger partial charge in [-0.05, 0) is 18.2 Å². The molecule has 1 atom stereocenters. The Morgan fingerprint density at radius 2 is 1.96 bits per heavy atom. The molecule has 0 saturated heterocycles. The van der Waals surface area contributed by atoms with Crippen molar-refractivity contribution in [3.63, 3.8) is 0 Å². The summed E-state index contributed by atoms with van der Waals surface area (Å²) in [6.07, 6.45) is 5.22. The number of benzene rings is 1. The van der Waals surface area contributed by atoms with Crippen LogP contribution in [0.2, 0.25) is 0 Å². The first-order valence-corrected chi connectivity index (χ1v) is 7.32. The van der Waals surface area contributed by atoms with Crippen LogP contribution in [0.25, 0.3) is 11.9 Å². The number of aromatic nitrogens is 3. The summed E-state index contributed by atoms with van der Waals surface area (Å²) in [6, 6.07) is 13.4. The van der Waals surface area contributed by atoms with E-state index in [9.17, 15) is 4.79 Å². The quantitative estimate of drug-likeness (QED) is 0.752. The maximum absolute atomic E-state index is 12.4. The lowest BCUT2D eigenvalue weighted by atomic mass is 10.2. The summed E-state index contributed by atoms with van der Waals surface area (Å²) < 4.78 is 1.60. The maximum atomic E-state index is 12.4. The Morgan fingerprint density at radius 1 is 1.13 bits per heavy atom. The van der Waals surface area contributed by atoms with Gasteiger partial charge in [0.1, 0.15) is 11.5 Å². The molecule has 0 bridgehead atoms. The minimum Gasteiger partial charge on any atom is -0.353 e. The zero-order valence-electron chi connectivity index (χ0n) is 12.5. The molecule has 0 amide bonds. The van der Waals surface area contributed by atoms with Gasteiger partial charge in [-0.1, -0.05) is 24.3 Å². The third-order valence-electron chi connectivity index (χ3n) is 3.86. The molecule has 1 N–H and O–H groups in total. The summed E-state index contributed by atoms with van der Waals surface area (Å²) in [4.78, 5) is 26.1. The van der Waals surface area contributed by atoms with Gasteiger partial charge in [-0.3, -0.25) is 4.98 Å². The molecule has 6 heteroatoms. The molecule has 2 aromatic heterocycles. The van der Waals surface area contributed by atoms with Crippen molar-refractivity contribution in [3.05, 3.63) is 81.7 Å². The van der Waals surface area contributed by atoms with Crippen molar-refractivity contribution in [3.8, 4) is 5.69 Å². The van der Waals surface area contributed by atoms with E-state index in [0.717, 1.165) is 11.3 Å². The Kier molecular flexibility index (Phi) is 3.08. The van der Waals surface area contributed by atoms with E-state index in [1.165, 1.54) is 0 Å². The van der Waals surface area contributed by atoms with Crippen LogP contribution in [0.5, 0.6) is 0 Å². The molecule has 0 aliphatic carbocycles. The number of imidazole rings is 1. The fourth-order valence-electron chi connectivity index (χ4n) is 2.80. The van der Waals surface area contributed by atoms with E-state index >= 15 is 0 Å². The predicted molar refractivity (Wildman–Crippen MR) is 86.4 cm³/mol. The van der Waals surface area contributed by atoms with E-state index in [-0.39, 0.29) is 11.9 Å². The Labute approximate surface area is 132 Å². The van der Waals surface area contributed by atoms with E-state index in [1.807, 2.05) is 60.6 Å². The molecule has 6 nitrogen and oxygen atoms in total. The van der Waals surface area contributed by atoms with Gasteiger partial charge >= 0.3 is 5.69 Å². The minimum atomic E-state index is -0.207. The molecule has 0 fully saturated rings. The first-order chi connectivity index (χ1) is 11.2. The Morgan fingerprint density at radius 3 is 2.70 bits per heavy atom. The SMILES string of the molecule is CN1C=c2[nH]c(=O)n(-c3ccccc3)c2=NC1c1cccnc1. The number of fused-ring (bicyclic) bond motifs is 1. The van der Waals surface area contributed by atoms with Gasteiger partial charge in [0.15, 0.2) is 5.49 Å². The summed E-state index contributed by atoms with van der Waals surface area (Å²) in [5, 5.41) is 0.710. The summed E-state index contributed by atoms with van der Waals surface area (Å²) >= 11 is 0. The van der Waals surface area contributed by atoms with Gasteiger partial charge in [-0.2, -0.15) is 0 Å². The Bertz CT molecular complexity index is 1000. The van der Waals surface area contributed by atoms with Gasteiger partial charge in [-0.15, -0.1) is 0 Å². The number of aromatic amines is 1. The van der Waals surface area contributed by atoms with Crippen LogP contribution in [-0.4, -0.2) is 26.5 Å². The molecule has 4 rings (SSSR count). The molecular weight excluding hydrogens is 290 g/mol. The number of hydrogen-bond donors (Lipinski definition) is 1. The monoisotopic (exact) mass is 305 g/mol. The molecule has 0 spiro atoms. The first kappa shape index (κ1) is 13.5. The summed E-state index contributed by atoms with van der Waals surface area (Å²) in [7, 11) is 1.93. The minimum absolute atomic E-state index is 0.193. The van der Waals surface area contributed by atoms with Crippen LogP contribution in [0.4, 0.5) is 0 Å². The maximum Gasteiger partial charge on any atom is 0.332 e. The van der Waals surface area contributed by atoms with Gasteiger partial charge in [0, 0.05) is 31.2 Å². The average molecular weight is 305 g/mol. The van der Waals surface area contributed by atoms with Crippen LogP contribution in [-0.2, 0) is 0 Å². The molecule has 1 aliphatic rings. The van der Waals surface area contributed by atoms with Crippen LogP contribution >= 0.6 is 0 Å². The molecule has 1 unspecified atom stereocenters. The van der Waals surface area contributed by atoms with E-state index < -0.39 is 0 Å². The number of hydrogen-bond acceptors (Lipinski definition) is 4. The van der Waals surface area contributed by atoms with Crippen molar-refractivity contribution < 1.29 is 0 Å². The van der Waals surface area contributed by atoms with Crippen molar-refractivity contribution in [2.75, 3.05) is 7.05 Å². The molecule has 114 valence electrons. The van der Waals surface area contributed by atoms with Crippen molar-refractivity contribution in [1.29, 1.82) is 0 Å². The van der Waals surface area contributed by atoms with Crippen molar-refractivity contribution >= 4 is 6.20 Å². The summed E-state index contributed by atoms with van der Waals surface area (Å²) in [6.45, 7) is 0. The topological polar surface area (TPSA) is 66.3 Å². The van der Waals surface area contributed by atoms with Crippen molar-refractivity contribution in [2.24, 2.45) is 4.99 Å². The Balaban J connectivity index is 1.96. The molecule has 0 radical (unpaired) electrons. The summed E-state index contributed by atoms with van der Waals surface area (Å²) in [5.74, 6) is 0. The number of rotatable bonds is 2. The van der Waals surface area contributed by atoms with Crippen LogP contribution in [0, 0.1) is 0 Å². The van der Waals surface area contributed by atoms with E-state index in [1.54, 1.807) is 17.0 Å². The highest BCUT2D eigenvalue weighted by molar-refractivity contribution is 5.33. The largest absolute Gasteiger partial charge is 0.353 e. The third-order valence-corrected chi connectivity index (χ3v) is 3.86. The van der Waals surface area contributed by atoms with Gasteiger partial charge in [-0.25, -0.2) is 14.4 Å². The van der Waals surface area contributed by atoms with Gasteiger partial charge in [0.2, 0.25) is 0 Å². The molecule has 3 aromatic rings. The van der Waals surface area contributed by atoms with Crippen molar-refractivity contribution in [2.45, 2.75) is 6.17 Å². The molecule has 0 saturated carbocycles. The van der Waals surface area contributed by atoms with E-state index in [4.69, 9.17) is 4.99 Å². The van der Waals surface area contributed by atoms with Gasteiger partial charge < -0.3 is 9.88 Å². The number of H-pyrrole nitrogens is 1. The lowest BCUT2D eigenvalue weighted by Gasteiger charge is -2.25. The number of nitrogens with one attached hydrogen (secondary N) is 1. The first-order valence-electron chi connectivity index (χ1n) is 7.32. The summed E-state index contributed by atoms with van der Waals surface area (Å²) in [5.41, 5.74) is 2.21. The second-order valence-corrected chi connectivity index (χ2v) is 5.42. The number of pyridine rings is 1. The second-order valence-electron chi connectivity index (χ2n) is 5.42. The van der Waals surface area contributed by atoms with Crippen LogP contribution in [0.15, 0.2) is 64.6 Å². The highest BCUT2D eigenvalue weighted by atomic mass is 16.1. The predicted octanol–water partition coefficient (Wildman–Crippen LogP) is 0.562. The second kappa shape index (κ2) is 5.24. The number of nitrogens with zero attached hydrogens (tertiary/aromatic N) is 4. The molecule has 1 aliphatic heterocycles. The zero-order valence-corrected chi connectivity index (χ0v) is 12.5. The third kappa shape index (κ3) is 2.24. The standard InChI is InChI=1S/C17H15N5O/c1-21-11-14-16(20-15(21)12-6-5-9-18-10-12)22(17(23)19-14)13-7-3-2-4-8-13/h2-11,15H,1H3,(H,19,23). The molecule has 3 heterocycles. The molecule has 1 aromatic carbocycles. The zero-order chi connectivity index (χ0) is 15.8. The fraction of sp³-hybridized carbons (Fsp3) is 0.118. The van der Waals surface area contributed by atoms with E-state index in [0.29, 0.717) is 10.8 Å². The normalized spacial score (nSPS) is 16.4. The van der Waals surface area contributed by atoms with Gasteiger partial charge in [0.25, 0.3) is 0 Å². The van der Waals surface area contributed by atoms with E-state index in [2.05, 4.69) is 9.97 Å². The highest BCUT2D eigenvalue weighted by Crippen LogP contribution is 2.20. The van der Waals surface area contributed by atoms with Crippen LogP contribution in [0.1, 0.15) is 11.7 Å². The van der Waals surface area contributed by atoms with Crippen LogP contribution in [0.3, 0.4) is 0 Å².